The molecule has 282 valence electrons. The Kier molecular flexibility index (Phi) is 12.7. The molecule has 1 aliphatic heterocycles. The van der Waals surface area contributed by atoms with E-state index >= 15 is 0 Å². The predicted octanol–water partition coefficient (Wildman–Crippen LogP) is 3.75. The number of benzene rings is 3. The molecule has 0 unspecified atom stereocenters. The Balaban J connectivity index is 1.42. The minimum Gasteiger partial charge on any atom is -0.504 e. The van der Waals surface area contributed by atoms with Crippen LogP contribution in [-0.4, -0.2) is 104 Å². The number of aromatic hydroxyl groups is 4. The number of aryl methyl sites for hydroxylation is 1. The van der Waals surface area contributed by atoms with Crippen LogP contribution in [0.25, 0.3) is 12.2 Å². The van der Waals surface area contributed by atoms with Crippen molar-refractivity contribution in [2.24, 2.45) is 5.92 Å². The zero-order valence-corrected chi connectivity index (χ0v) is 29.3. The van der Waals surface area contributed by atoms with Crippen LogP contribution >= 0.6 is 0 Å². The first-order valence-electron chi connectivity index (χ1n) is 17.3. The molecule has 5 rings (SSSR count). The second-order valence-electron chi connectivity index (χ2n) is 13.6. The van der Waals surface area contributed by atoms with Crippen LogP contribution in [0, 0.1) is 5.92 Å². The Bertz CT molecular complexity index is 1830. The van der Waals surface area contributed by atoms with Crippen molar-refractivity contribution >= 4 is 29.7 Å². The average Bonchev–Trinajstić information content (AvgIpc) is 3.12. The summed E-state index contributed by atoms with van der Waals surface area (Å²) in [6.45, 7) is -0.564. The van der Waals surface area contributed by atoms with Gasteiger partial charge in [0.2, 0.25) is 0 Å². The van der Waals surface area contributed by atoms with Crippen LogP contribution in [0.3, 0.4) is 0 Å². The second kappa shape index (κ2) is 17.2. The lowest BCUT2D eigenvalue weighted by molar-refractivity contribution is -0.268. The Hall–Kier alpha value is -5.05. The maximum absolute atomic E-state index is 14.0. The number of carboxylic acid groups (broad SMARTS) is 1. The maximum atomic E-state index is 14.0. The van der Waals surface area contributed by atoms with Gasteiger partial charge in [0.05, 0.1) is 12.7 Å². The largest absolute Gasteiger partial charge is 0.504 e. The van der Waals surface area contributed by atoms with Gasteiger partial charge in [-0.05, 0) is 85.3 Å². The van der Waals surface area contributed by atoms with E-state index in [1.165, 1.54) is 54.6 Å². The second-order valence-corrected chi connectivity index (χ2v) is 13.6. The number of carbonyl (C=O) groups excluding carboxylic acids is 2. The summed E-state index contributed by atoms with van der Waals surface area (Å²) in [7, 11) is 1.62. The fourth-order valence-electron chi connectivity index (χ4n) is 7.02. The molecule has 3 aromatic carbocycles. The van der Waals surface area contributed by atoms with E-state index in [2.05, 4.69) is 5.32 Å². The van der Waals surface area contributed by atoms with Crippen molar-refractivity contribution in [3.05, 3.63) is 95.6 Å². The van der Waals surface area contributed by atoms with Gasteiger partial charge < -0.3 is 50.2 Å². The van der Waals surface area contributed by atoms with E-state index in [-0.39, 0.29) is 54.9 Å². The number of ether oxygens (including phenoxy) is 3. The normalized spacial score (nSPS) is 26.2. The van der Waals surface area contributed by atoms with E-state index < -0.39 is 60.1 Å². The number of likely N-dealkylation sites (N-methyl/N-ethyl adjacent to an activating group) is 1. The average molecular weight is 732 g/mol. The standard InChI is InChI=1S/C40H45NO12/c1-41-24-40-23-39(38(49)50,52-22-29(42)13-9-26-10-14-30(43)33(46)17-26)20-35(48)37(40)51-21-28(8-7-25-5-3-2-4-6-25)19-36(53-40)32(45)16-12-27-11-15-31(44)34(47)18-27/h2-6,9-18,28,35-37,41,43-44,46-48H,7-8,19-24H2,1H3,(H,49,50)/b13-9+,16-12+/t28-,35+,36-,37+,39-,40-/m0/s1. The van der Waals surface area contributed by atoms with Gasteiger partial charge in [-0.15, -0.1) is 0 Å². The minimum atomic E-state index is -2.12. The van der Waals surface area contributed by atoms with Crippen molar-refractivity contribution in [3.63, 3.8) is 0 Å². The van der Waals surface area contributed by atoms with Crippen LogP contribution < -0.4 is 5.32 Å². The van der Waals surface area contributed by atoms with Gasteiger partial charge in [0.15, 0.2) is 40.2 Å². The SMILES string of the molecule is CNC[C@@]12C[C@](OCC(=O)/C=C/c3ccc(O)c(O)c3)(C(=O)O)C[C@@H](O)[C@H]1OC[C@@H](CCc1ccccc1)C[C@@H](C(=O)/C=C/c1ccc(O)c(O)c1)O2. The number of phenols is 4. The maximum Gasteiger partial charge on any atom is 0.336 e. The summed E-state index contributed by atoms with van der Waals surface area (Å²) >= 11 is 0. The summed E-state index contributed by atoms with van der Waals surface area (Å²) in [4.78, 5) is 39.9. The number of carbonyl (C=O) groups is 3. The molecule has 1 aliphatic carbocycles. The molecular weight excluding hydrogens is 686 g/mol. The third-order valence-electron chi connectivity index (χ3n) is 9.69. The first kappa shape index (κ1) is 39.2. The number of hydrogen-bond donors (Lipinski definition) is 7. The molecule has 0 amide bonds. The van der Waals surface area contributed by atoms with Gasteiger partial charge in [0.25, 0.3) is 0 Å². The van der Waals surface area contributed by atoms with E-state index in [4.69, 9.17) is 14.2 Å². The Morgan fingerprint density at radius 3 is 2.15 bits per heavy atom. The number of ketones is 2. The van der Waals surface area contributed by atoms with Gasteiger partial charge in [0.1, 0.15) is 24.4 Å². The highest BCUT2D eigenvalue weighted by molar-refractivity contribution is 5.97. The molecule has 1 saturated heterocycles. The first-order chi connectivity index (χ1) is 25.3. The quantitative estimate of drug-likeness (QED) is 0.0931. The van der Waals surface area contributed by atoms with Crippen LogP contribution in [0.2, 0.25) is 0 Å². The molecular formula is C40H45NO12. The summed E-state index contributed by atoms with van der Waals surface area (Å²) in [6, 6.07) is 17.9. The van der Waals surface area contributed by atoms with Gasteiger partial charge in [-0.25, -0.2) is 4.79 Å². The van der Waals surface area contributed by atoms with Gasteiger partial charge >= 0.3 is 5.97 Å². The molecule has 1 heterocycles. The molecule has 13 nitrogen and oxygen atoms in total. The van der Waals surface area contributed by atoms with E-state index in [0.29, 0.717) is 24.0 Å². The van der Waals surface area contributed by atoms with E-state index in [1.807, 2.05) is 30.3 Å². The lowest BCUT2D eigenvalue weighted by Gasteiger charge is -2.53. The summed E-state index contributed by atoms with van der Waals surface area (Å²) in [5, 5.41) is 64.2. The van der Waals surface area contributed by atoms with Crippen molar-refractivity contribution in [3.8, 4) is 23.0 Å². The molecule has 0 bridgehead atoms. The van der Waals surface area contributed by atoms with Gasteiger partial charge in [-0.1, -0.05) is 54.6 Å². The van der Waals surface area contributed by atoms with Crippen LogP contribution in [0.4, 0.5) is 0 Å². The fourth-order valence-corrected chi connectivity index (χ4v) is 7.02. The van der Waals surface area contributed by atoms with Crippen LogP contribution in [0.5, 0.6) is 23.0 Å². The molecule has 3 aromatic rings. The van der Waals surface area contributed by atoms with E-state index in [1.54, 1.807) is 7.05 Å². The van der Waals surface area contributed by atoms with Crippen molar-refractivity contribution in [1.29, 1.82) is 0 Å². The van der Waals surface area contributed by atoms with Crippen LogP contribution in [0.15, 0.2) is 78.9 Å². The molecule has 0 aromatic heterocycles. The third kappa shape index (κ3) is 9.69. The number of hydrogen-bond acceptors (Lipinski definition) is 12. The highest BCUT2D eigenvalue weighted by Crippen LogP contribution is 2.45. The smallest absolute Gasteiger partial charge is 0.336 e. The highest BCUT2D eigenvalue weighted by atomic mass is 16.6. The predicted molar refractivity (Wildman–Crippen MR) is 193 cm³/mol. The number of nitrogens with one attached hydrogen (secondary N) is 1. The summed E-state index contributed by atoms with van der Waals surface area (Å²) in [5.41, 5.74) is -1.78. The van der Waals surface area contributed by atoms with E-state index in [9.17, 15) is 45.0 Å². The zero-order valence-electron chi connectivity index (χ0n) is 29.3. The van der Waals surface area contributed by atoms with Crippen molar-refractivity contribution < 1.29 is 59.2 Å². The molecule has 2 aliphatic rings. The van der Waals surface area contributed by atoms with Gasteiger partial charge in [0, 0.05) is 19.4 Å². The summed E-state index contributed by atoms with van der Waals surface area (Å²) in [5.74, 6) is -4.04. The number of aliphatic carboxylic acids is 1. The summed E-state index contributed by atoms with van der Waals surface area (Å²) in [6.07, 6.45) is 2.40. The lowest BCUT2D eigenvalue weighted by atomic mass is 9.70. The Labute approximate surface area is 306 Å². The fraction of sp³-hybridized carbons (Fsp3) is 0.375. The molecule has 0 spiro atoms. The molecule has 2 fully saturated rings. The number of fused-ring (bicyclic) bond motifs is 1. The molecule has 6 atom stereocenters. The first-order valence-corrected chi connectivity index (χ1v) is 17.3. The number of aliphatic hydroxyl groups is 1. The number of rotatable bonds is 14. The molecule has 53 heavy (non-hydrogen) atoms. The molecule has 13 heteroatoms. The van der Waals surface area contributed by atoms with Gasteiger partial charge in [-0.3, -0.25) is 9.59 Å². The minimum absolute atomic E-state index is 0.0423. The topological polar surface area (TPSA) is 212 Å². The Morgan fingerprint density at radius 1 is 0.906 bits per heavy atom. The number of phenolic OH excluding ortho intramolecular Hbond substituents is 4. The number of carboxylic acids is 1. The van der Waals surface area contributed by atoms with Crippen molar-refractivity contribution in [1.82, 2.24) is 5.32 Å². The van der Waals surface area contributed by atoms with Crippen molar-refractivity contribution in [2.45, 2.75) is 61.6 Å². The number of aliphatic hydroxyl groups excluding tert-OH is 1. The van der Waals surface area contributed by atoms with Crippen LogP contribution in [-0.2, 0) is 35.0 Å². The van der Waals surface area contributed by atoms with Gasteiger partial charge in [-0.2, -0.15) is 0 Å². The van der Waals surface area contributed by atoms with Crippen molar-refractivity contribution in [2.75, 3.05) is 26.8 Å². The zero-order chi connectivity index (χ0) is 38.2. The monoisotopic (exact) mass is 731 g/mol. The summed E-state index contributed by atoms with van der Waals surface area (Å²) < 4.78 is 18.9. The Morgan fingerprint density at radius 2 is 1.55 bits per heavy atom. The highest BCUT2D eigenvalue weighted by Gasteiger charge is 2.61. The van der Waals surface area contributed by atoms with Crippen LogP contribution in [0.1, 0.15) is 42.4 Å². The molecule has 7 N–H and O–H groups in total. The third-order valence-corrected chi connectivity index (χ3v) is 9.69. The lowest BCUT2D eigenvalue weighted by Crippen LogP contribution is -2.69. The van der Waals surface area contributed by atoms with E-state index in [0.717, 1.165) is 11.6 Å². The molecule has 1 saturated carbocycles. The molecule has 0 radical (unpaired) electrons.